The molecule has 0 amide bonds. The Kier molecular flexibility index (Phi) is 5.57. The molecule has 34 heavy (non-hydrogen) atoms. The molecule has 1 saturated heterocycles. The Labute approximate surface area is 222 Å². The van der Waals surface area contributed by atoms with E-state index in [4.69, 9.17) is 4.74 Å². The van der Waals surface area contributed by atoms with Crippen LogP contribution in [0, 0.1) is 40.4 Å². The summed E-state index contributed by atoms with van der Waals surface area (Å²) in [5, 5.41) is 23.0. The summed E-state index contributed by atoms with van der Waals surface area (Å²) in [4.78, 5) is 37.9. The summed E-state index contributed by atoms with van der Waals surface area (Å²) in [7, 11) is 0. The van der Waals surface area contributed by atoms with Gasteiger partial charge < -0.3 is 14.9 Å². The minimum atomic E-state index is -1.69. The van der Waals surface area contributed by atoms with Crippen LogP contribution in [0.2, 0.25) is 0 Å². The van der Waals surface area contributed by atoms with E-state index in [-0.39, 0.29) is 77.3 Å². The summed E-state index contributed by atoms with van der Waals surface area (Å²) in [6.45, 7) is 6.15. The molecule has 0 aromatic rings. The molecule has 0 radical (unpaired) electrons. The van der Waals surface area contributed by atoms with Crippen LogP contribution in [0.5, 0.6) is 0 Å². The molecule has 6 nitrogen and oxygen atoms in total. The van der Waals surface area contributed by atoms with E-state index in [1.165, 1.54) is 0 Å². The van der Waals surface area contributed by atoms with E-state index in [9.17, 15) is 24.6 Å². The van der Waals surface area contributed by atoms with Crippen LogP contribution in [0.3, 0.4) is 0 Å². The maximum absolute atomic E-state index is 13.4. The van der Waals surface area contributed by atoms with Gasteiger partial charge in [0.15, 0.2) is 5.78 Å². The molecule has 2 N–H and O–H groups in total. The van der Waals surface area contributed by atoms with Crippen LogP contribution >= 0.6 is 0 Å². The summed E-state index contributed by atoms with van der Waals surface area (Å²) in [6, 6.07) is 0. The minimum absolute atomic E-state index is 0. The number of hydrogen-bond donors (Lipinski definition) is 2. The number of rotatable bonds is 2. The first-order chi connectivity index (χ1) is 15.5. The fourth-order valence-electron chi connectivity index (χ4n) is 9.34. The molecule has 2 unspecified atom stereocenters. The third-order valence-corrected chi connectivity index (χ3v) is 10.9. The second-order valence-electron chi connectivity index (χ2n) is 12.0. The number of esters is 1. The Hall–Kier alpha value is -0.790. The number of cyclic esters (lactones) is 1. The van der Waals surface area contributed by atoms with Crippen molar-refractivity contribution in [2.75, 3.05) is 0 Å². The van der Waals surface area contributed by atoms with Gasteiger partial charge in [-0.05, 0) is 78.8 Å². The molecule has 6 aliphatic rings. The molecule has 1 aliphatic heterocycles. The first-order valence-corrected chi connectivity index (χ1v) is 12.6. The number of ether oxygens (including phenoxy) is 1. The zero-order valence-electron chi connectivity index (χ0n) is 19.7. The van der Waals surface area contributed by atoms with Gasteiger partial charge in [-0.25, -0.2) is 0 Å². The summed E-state index contributed by atoms with van der Waals surface area (Å²) >= 11 is 0. The molecule has 0 bridgehead atoms. The Morgan fingerprint density at radius 2 is 1.88 bits per heavy atom. The van der Waals surface area contributed by atoms with Gasteiger partial charge in [0.05, 0.1) is 6.42 Å². The van der Waals surface area contributed by atoms with Gasteiger partial charge >= 0.3 is 35.5 Å². The van der Waals surface area contributed by atoms with E-state index in [1.807, 2.05) is 6.08 Å². The van der Waals surface area contributed by atoms with Crippen LogP contribution in [-0.2, 0) is 19.1 Å². The predicted molar refractivity (Wildman–Crippen MR) is 126 cm³/mol. The topological polar surface area (TPSA) is 101 Å². The van der Waals surface area contributed by atoms with Crippen LogP contribution in [0.4, 0.5) is 0 Å². The van der Waals surface area contributed by atoms with Crippen molar-refractivity contribution in [1.82, 2.24) is 0 Å². The number of ketones is 2. The van der Waals surface area contributed by atoms with Crippen LogP contribution in [0.25, 0.3) is 0 Å². The molecule has 0 spiro atoms. The van der Waals surface area contributed by atoms with Crippen molar-refractivity contribution >= 4 is 47.1 Å². The standard InChI is InChI=1S/C27H34O6.Na.H/c1-4-26(23(31)20(29)13-21(30)33-26)27(32)19-12-17(19)22-16-6-5-14-11-15(28)7-9-24(14,2)18(16)8-10-25(22,27)3;;/h5-6,11,16-20,22,29,32H,4,7-10,12-13H2,1-3H3;;/t16-,17-,18+,19+,20?,22?,24-,25-,26-,27-;;/m0../s1. The van der Waals surface area contributed by atoms with Crippen molar-refractivity contribution in [3.05, 3.63) is 23.8 Å². The van der Waals surface area contributed by atoms with Crippen LogP contribution < -0.4 is 0 Å². The van der Waals surface area contributed by atoms with Crippen molar-refractivity contribution in [2.24, 2.45) is 40.4 Å². The number of carbonyl (C=O) groups is 3. The second-order valence-corrected chi connectivity index (χ2v) is 12.0. The fraction of sp³-hybridized carbons (Fsp3) is 0.741. The zero-order valence-corrected chi connectivity index (χ0v) is 19.7. The van der Waals surface area contributed by atoms with Crippen molar-refractivity contribution in [3.63, 3.8) is 0 Å². The summed E-state index contributed by atoms with van der Waals surface area (Å²) in [6.07, 6.45) is 8.46. The molecule has 7 heteroatoms. The Morgan fingerprint density at radius 1 is 1.15 bits per heavy atom. The van der Waals surface area contributed by atoms with Crippen molar-refractivity contribution in [1.29, 1.82) is 0 Å². The van der Waals surface area contributed by atoms with Crippen LogP contribution in [-0.4, -0.2) is 74.6 Å². The van der Waals surface area contributed by atoms with Gasteiger partial charge in [-0.1, -0.05) is 32.9 Å². The van der Waals surface area contributed by atoms with E-state index in [2.05, 4.69) is 26.0 Å². The van der Waals surface area contributed by atoms with E-state index in [0.29, 0.717) is 12.3 Å². The van der Waals surface area contributed by atoms with E-state index < -0.39 is 34.5 Å². The van der Waals surface area contributed by atoms with Gasteiger partial charge in [0.1, 0.15) is 11.7 Å². The maximum atomic E-state index is 13.4. The van der Waals surface area contributed by atoms with Gasteiger partial charge in [-0.3, -0.25) is 14.4 Å². The molecule has 180 valence electrons. The normalized spacial score (nSPS) is 53.0. The number of Topliss-reactive ketones (excluding diaryl/α,β-unsaturated/α-hetero) is 1. The molecule has 1 heterocycles. The number of fused-ring (bicyclic) bond motifs is 7. The molecule has 10 atom stereocenters. The molecule has 3 saturated carbocycles. The number of aliphatic hydroxyl groups excluding tert-OH is 1. The molecule has 5 aliphatic carbocycles. The molecule has 0 aromatic carbocycles. The molecule has 6 rings (SSSR count). The Bertz CT molecular complexity index is 1030. The van der Waals surface area contributed by atoms with E-state index in [0.717, 1.165) is 31.3 Å². The fourth-order valence-corrected chi connectivity index (χ4v) is 9.34. The molecule has 0 aromatic heterocycles. The predicted octanol–water partition coefficient (Wildman–Crippen LogP) is 2.26. The van der Waals surface area contributed by atoms with Crippen molar-refractivity contribution < 1.29 is 29.3 Å². The molecular formula is C27H35NaO6. The SMILES string of the molecule is CC[C@]1([C@]2(O)[C@@H]3C[C@@H]3C3[C@H]4C=CC5=CC(=O)CC[C@]5(C)[C@@H]4CC[C@@]32C)OC(=O)CC(O)C1=O.[NaH]. The third kappa shape index (κ3) is 2.73. The van der Waals surface area contributed by atoms with Crippen molar-refractivity contribution in [3.8, 4) is 0 Å². The number of allylic oxidation sites excluding steroid dienone is 4. The van der Waals surface area contributed by atoms with Gasteiger partial charge in [-0.15, -0.1) is 0 Å². The quantitative estimate of drug-likeness (QED) is 0.467. The summed E-state index contributed by atoms with van der Waals surface area (Å²) in [5.41, 5.74) is -2.70. The zero-order chi connectivity index (χ0) is 23.6. The number of carbonyl (C=O) groups excluding carboxylic acids is 3. The van der Waals surface area contributed by atoms with E-state index >= 15 is 0 Å². The second kappa shape index (κ2) is 7.61. The van der Waals surface area contributed by atoms with Gasteiger partial charge in [0.2, 0.25) is 11.4 Å². The summed E-state index contributed by atoms with van der Waals surface area (Å²) < 4.78 is 5.79. The summed E-state index contributed by atoms with van der Waals surface area (Å²) in [5.74, 6) is 0.0148. The van der Waals surface area contributed by atoms with Crippen LogP contribution in [0.1, 0.15) is 65.7 Å². The van der Waals surface area contributed by atoms with Gasteiger partial charge in [0.25, 0.3) is 0 Å². The average Bonchev–Trinajstić information content (AvgIpc) is 3.52. The monoisotopic (exact) mass is 478 g/mol. The first-order valence-electron chi connectivity index (χ1n) is 12.6. The van der Waals surface area contributed by atoms with Gasteiger partial charge in [-0.2, -0.15) is 0 Å². The Balaban J connectivity index is 0.00000241. The molecule has 4 fully saturated rings. The Morgan fingerprint density at radius 3 is 2.59 bits per heavy atom. The van der Waals surface area contributed by atoms with Crippen molar-refractivity contribution in [2.45, 2.75) is 83.0 Å². The number of aliphatic hydroxyl groups is 2. The van der Waals surface area contributed by atoms with Gasteiger partial charge in [0, 0.05) is 11.8 Å². The van der Waals surface area contributed by atoms with E-state index in [1.54, 1.807) is 6.92 Å². The molecular weight excluding hydrogens is 443 g/mol. The average molecular weight is 479 g/mol. The number of hydrogen-bond acceptors (Lipinski definition) is 6. The van der Waals surface area contributed by atoms with Crippen LogP contribution in [0.15, 0.2) is 23.8 Å². The third-order valence-electron chi connectivity index (χ3n) is 10.9. The first kappa shape index (κ1) is 24.9.